The van der Waals surface area contributed by atoms with E-state index in [9.17, 15) is 22.4 Å². The molecule has 0 heterocycles. The summed E-state index contributed by atoms with van der Waals surface area (Å²) in [4.78, 5) is 11.5. The topological polar surface area (TPSA) is 29.1 Å². The van der Waals surface area contributed by atoms with Crippen molar-refractivity contribution in [1.29, 1.82) is 0 Å². The van der Waals surface area contributed by atoms with E-state index in [4.69, 9.17) is 23.2 Å². The molecule has 2 aromatic carbocycles. The van der Waals surface area contributed by atoms with Crippen LogP contribution in [-0.4, -0.2) is 12.0 Å². The summed E-state index contributed by atoms with van der Waals surface area (Å²) in [7, 11) is 0. The van der Waals surface area contributed by atoms with Crippen LogP contribution in [-0.2, 0) is 0 Å². The second-order valence-corrected chi connectivity index (χ2v) is 5.96. The van der Waals surface area contributed by atoms with Crippen LogP contribution < -0.4 is 5.32 Å². The third kappa shape index (κ3) is 4.39. The second kappa shape index (κ2) is 6.99. The summed E-state index contributed by atoms with van der Waals surface area (Å²) >= 11 is 11.8. The number of rotatable bonds is 4. The van der Waals surface area contributed by atoms with Gasteiger partial charge in [-0.05, 0) is 48.9 Å². The normalized spacial score (nSPS) is 12.8. The van der Waals surface area contributed by atoms with Gasteiger partial charge in [0.2, 0.25) is 0 Å². The van der Waals surface area contributed by atoms with Crippen molar-refractivity contribution in [3.05, 3.63) is 63.4 Å². The maximum absolute atomic E-state index is 13.4. The van der Waals surface area contributed by atoms with Crippen molar-refractivity contribution in [3.63, 3.8) is 0 Å². The van der Waals surface area contributed by atoms with Crippen molar-refractivity contribution in [2.24, 2.45) is 0 Å². The Kier molecular flexibility index (Phi) is 5.40. The van der Waals surface area contributed by atoms with Crippen molar-refractivity contribution < 1.29 is 22.4 Å². The Morgan fingerprint density at radius 1 is 1.08 bits per heavy atom. The third-order valence-corrected chi connectivity index (χ3v) is 3.68. The average Bonchev–Trinajstić information content (AvgIpc) is 2.44. The third-order valence-electron chi connectivity index (χ3n) is 3.24. The molecular formula is C16H11Cl2F4NO. The number of Topliss-reactive ketones (excluding diaryl/α,β-unsaturated/α-hetero) is 1. The van der Waals surface area contributed by atoms with Crippen LogP contribution in [0.15, 0.2) is 36.4 Å². The Balaban J connectivity index is 2.38. The zero-order valence-corrected chi connectivity index (χ0v) is 13.7. The Morgan fingerprint density at radius 3 is 2.21 bits per heavy atom. The van der Waals surface area contributed by atoms with Crippen LogP contribution in [0.2, 0.25) is 10.0 Å². The molecule has 0 spiro atoms. The molecular weight excluding hydrogens is 369 g/mol. The number of nitrogens with one attached hydrogen (secondary N) is 1. The van der Waals surface area contributed by atoms with Crippen LogP contribution in [0.25, 0.3) is 0 Å². The van der Waals surface area contributed by atoms with E-state index in [1.54, 1.807) is 19.1 Å². The van der Waals surface area contributed by atoms with Crippen LogP contribution >= 0.6 is 23.2 Å². The van der Waals surface area contributed by atoms with Crippen LogP contribution in [0.1, 0.15) is 28.9 Å². The van der Waals surface area contributed by atoms with Crippen molar-refractivity contribution in [2.45, 2.75) is 19.1 Å². The number of hydrogen-bond donors (Lipinski definition) is 1. The predicted molar refractivity (Wildman–Crippen MR) is 85.3 cm³/mol. The maximum Gasteiger partial charge on any atom is 0.454 e. The summed E-state index contributed by atoms with van der Waals surface area (Å²) in [5.74, 6) is -2.83. The van der Waals surface area contributed by atoms with E-state index in [1.807, 2.05) is 0 Å². The van der Waals surface area contributed by atoms with Gasteiger partial charge in [-0.25, -0.2) is 4.39 Å². The zero-order valence-electron chi connectivity index (χ0n) is 12.2. The molecule has 2 aromatic rings. The van der Waals surface area contributed by atoms with E-state index in [0.29, 0.717) is 15.6 Å². The summed E-state index contributed by atoms with van der Waals surface area (Å²) in [5, 5.41) is 3.39. The highest BCUT2D eigenvalue weighted by Crippen LogP contribution is 2.31. The molecule has 0 aromatic heterocycles. The molecule has 0 saturated heterocycles. The summed E-state index contributed by atoms with van der Waals surface area (Å²) < 4.78 is 51.4. The van der Waals surface area contributed by atoms with Gasteiger partial charge in [-0.2, -0.15) is 13.2 Å². The van der Waals surface area contributed by atoms with Crippen molar-refractivity contribution >= 4 is 34.7 Å². The lowest BCUT2D eigenvalue weighted by Crippen LogP contribution is -2.24. The number of benzene rings is 2. The molecule has 0 aliphatic heterocycles. The number of anilines is 1. The second-order valence-electron chi connectivity index (χ2n) is 5.09. The van der Waals surface area contributed by atoms with Gasteiger partial charge in [0, 0.05) is 21.8 Å². The average molecular weight is 380 g/mol. The highest BCUT2D eigenvalue weighted by Gasteiger charge is 2.40. The molecule has 0 aliphatic rings. The van der Waals surface area contributed by atoms with Crippen LogP contribution in [0.3, 0.4) is 0 Å². The molecule has 24 heavy (non-hydrogen) atoms. The molecule has 0 saturated carbocycles. The molecule has 1 unspecified atom stereocenters. The number of hydrogen-bond acceptors (Lipinski definition) is 2. The van der Waals surface area contributed by atoms with Gasteiger partial charge in [0.15, 0.2) is 0 Å². The fraction of sp³-hybridized carbons (Fsp3) is 0.188. The van der Waals surface area contributed by atoms with E-state index in [2.05, 4.69) is 5.32 Å². The Labute approximate surface area is 145 Å². The first-order valence-electron chi connectivity index (χ1n) is 6.71. The highest BCUT2D eigenvalue weighted by molar-refractivity contribution is 6.34. The molecule has 2 rings (SSSR count). The van der Waals surface area contributed by atoms with E-state index in [-0.39, 0.29) is 5.69 Å². The zero-order chi connectivity index (χ0) is 18.1. The van der Waals surface area contributed by atoms with Crippen LogP contribution in [0.4, 0.5) is 23.2 Å². The molecule has 0 fully saturated rings. The van der Waals surface area contributed by atoms with Gasteiger partial charge < -0.3 is 5.32 Å². The molecule has 8 heteroatoms. The standard InChI is InChI=1S/C16H11Cl2F4NO/c1-8(9-4-10(17)6-11(18)5-9)23-14-7-12(19)2-3-13(14)15(24)16(20,21)22/h2-8,23H,1H3. The van der Waals surface area contributed by atoms with Gasteiger partial charge in [-0.3, -0.25) is 4.79 Å². The number of carbonyl (C=O) groups excluding carboxylic acids is 1. The summed E-state index contributed by atoms with van der Waals surface area (Å²) in [6.45, 7) is 1.62. The summed E-state index contributed by atoms with van der Waals surface area (Å²) in [5.41, 5.74) is -0.355. The minimum Gasteiger partial charge on any atom is -0.378 e. The molecule has 128 valence electrons. The first kappa shape index (κ1) is 18.5. The summed E-state index contributed by atoms with van der Waals surface area (Å²) in [6, 6.07) is 6.49. The fourth-order valence-electron chi connectivity index (χ4n) is 2.13. The van der Waals surface area contributed by atoms with Gasteiger partial charge in [-0.1, -0.05) is 23.2 Å². The van der Waals surface area contributed by atoms with E-state index in [1.165, 1.54) is 6.07 Å². The van der Waals surface area contributed by atoms with Gasteiger partial charge >= 0.3 is 6.18 Å². The van der Waals surface area contributed by atoms with Crippen molar-refractivity contribution in [3.8, 4) is 0 Å². The predicted octanol–water partition coefficient (Wildman–Crippen LogP) is 6.05. The first-order valence-corrected chi connectivity index (χ1v) is 7.47. The van der Waals surface area contributed by atoms with E-state index in [0.717, 1.165) is 18.2 Å². The largest absolute Gasteiger partial charge is 0.454 e. The quantitative estimate of drug-likeness (QED) is 0.517. The SMILES string of the molecule is CC(Nc1cc(F)ccc1C(=O)C(F)(F)F)c1cc(Cl)cc(Cl)c1. The highest BCUT2D eigenvalue weighted by atomic mass is 35.5. The van der Waals surface area contributed by atoms with E-state index < -0.39 is 29.4 Å². The van der Waals surface area contributed by atoms with Gasteiger partial charge in [0.05, 0.1) is 5.56 Å². The molecule has 0 amide bonds. The first-order chi connectivity index (χ1) is 11.1. The molecule has 2 nitrogen and oxygen atoms in total. The Morgan fingerprint density at radius 2 is 1.67 bits per heavy atom. The fourth-order valence-corrected chi connectivity index (χ4v) is 2.67. The van der Waals surface area contributed by atoms with Crippen LogP contribution in [0, 0.1) is 5.82 Å². The molecule has 1 N–H and O–H groups in total. The van der Waals surface area contributed by atoms with Gasteiger partial charge in [0.25, 0.3) is 5.78 Å². The maximum atomic E-state index is 13.4. The number of alkyl halides is 3. The number of ketones is 1. The minimum absolute atomic E-state index is 0.263. The van der Waals surface area contributed by atoms with Crippen molar-refractivity contribution in [1.82, 2.24) is 0 Å². The minimum atomic E-state index is -5.06. The van der Waals surface area contributed by atoms with Gasteiger partial charge in [0.1, 0.15) is 5.82 Å². The lowest BCUT2D eigenvalue weighted by molar-refractivity contribution is -0.0884. The van der Waals surface area contributed by atoms with Crippen LogP contribution in [0.5, 0.6) is 0 Å². The Bertz CT molecular complexity index is 757. The lowest BCUT2D eigenvalue weighted by Gasteiger charge is -2.19. The molecule has 1 atom stereocenters. The number of halogens is 6. The summed E-state index contributed by atoms with van der Waals surface area (Å²) in [6.07, 6.45) is -5.06. The van der Waals surface area contributed by atoms with Crippen molar-refractivity contribution in [2.75, 3.05) is 5.32 Å². The Hall–Kier alpha value is -1.79. The molecule has 0 radical (unpaired) electrons. The smallest absolute Gasteiger partial charge is 0.378 e. The molecule has 0 aliphatic carbocycles. The molecule has 0 bridgehead atoms. The number of carbonyl (C=O) groups is 1. The van der Waals surface area contributed by atoms with Gasteiger partial charge in [-0.15, -0.1) is 0 Å². The van der Waals surface area contributed by atoms with E-state index >= 15 is 0 Å². The lowest BCUT2D eigenvalue weighted by atomic mass is 10.0. The monoisotopic (exact) mass is 379 g/mol.